The number of likely N-dealkylation sites (tertiary alicyclic amines) is 1. The minimum atomic E-state index is -0.152. The summed E-state index contributed by atoms with van der Waals surface area (Å²) in [5.74, 6) is 0.226. The van der Waals surface area contributed by atoms with Crippen molar-refractivity contribution in [3.05, 3.63) is 29.8 Å². The molecule has 1 spiro atoms. The molecule has 2 aliphatic heterocycles. The SMILES string of the molecule is CC.CN1CCC2(CC1)Cc1ccccc1NC2=O. The highest BCUT2D eigenvalue weighted by Crippen LogP contribution is 2.41. The van der Waals surface area contributed by atoms with Gasteiger partial charge >= 0.3 is 0 Å². The molecule has 2 heterocycles. The first-order valence-electron chi connectivity index (χ1n) is 7.28. The Morgan fingerprint density at radius 3 is 2.47 bits per heavy atom. The first-order valence-corrected chi connectivity index (χ1v) is 7.28. The fraction of sp³-hybridized carbons (Fsp3) is 0.562. The van der Waals surface area contributed by atoms with E-state index in [2.05, 4.69) is 29.4 Å². The zero-order valence-corrected chi connectivity index (χ0v) is 12.2. The number of carbonyl (C=O) groups excluding carboxylic acids is 1. The summed E-state index contributed by atoms with van der Waals surface area (Å²) in [6.07, 6.45) is 2.86. The van der Waals surface area contributed by atoms with E-state index in [-0.39, 0.29) is 11.3 Å². The Hall–Kier alpha value is -1.35. The summed E-state index contributed by atoms with van der Waals surface area (Å²) in [7, 11) is 2.13. The summed E-state index contributed by atoms with van der Waals surface area (Å²) in [5.41, 5.74) is 2.14. The highest BCUT2D eigenvalue weighted by molar-refractivity contribution is 5.98. The molecule has 1 saturated heterocycles. The van der Waals surface area contributed by atoms with Gasteiger partial charge in [0, 0.05) is 5.69 Å². The summed E-state index contributed by atoms with van der Waals surface area (Å²) in [6, 6.07) is 8.16. The molecule has 2 aliphatic rings. The topological polar surface area (TPSA) is 32.3 Å². The standard InChI is InChI=1S/C14H18N2O.C2H6/c1-16-8-6-14(7-9-16)10-11-4-2-3-5-12(11)15-13(14)17;1-2/h2-5H,6-10H2,1H3,(H,15,17);1-2H3. The molecule has 0 saturated carbocycles. The number of anilines is 1. The van der Waals surface area contributed by atoms with Crippen LogP contribution in [0.2, 0.25) is 0 Å². The molecule has 19 heavy (non-hydrogen) atoms. The molecule has 0 aromatic heterocycles. The Morgan fingerprint density at radius 1 is 1.16 bits per heavy atom. The van der Waals surface area contributed by atoms with Crippen molar-refractivity contribution in [2.75, 3.05) is 25.5 Å². The van der Waals surface area contributed by atoms with Crippen LogP contribution in [0, 0.1) is 5.41 Å². The van der Waals surface area contributed by atoms with Crippen LogP contribution >= 0.6 is 0 Å². The fourth-order valence-corrected chi connectivity index (χ4v) is 2.95. The lowest BCUT2D eigenvalue weighted by atomic mass is 9.71. The summed E-state index contributed by atoms with van der Waals surface area (Å²) in [4.78, 5) is 14.6. The minimum absolute atomic E-state index is 0.152. The van der Waals surface area contributed by atoms with E-state index in [0.29, 0.717) is 0 Å². The van der Waals surface area contributed by atoms with Gasteiger partial charge in [-0.1, -0.05) is 32.0 Å². The maximum atomic E-state index is 12.3. The van der Waals surface area contributed by atoms with E-state index in [1.165, 1.54) is 5.56 Å². The van der Waals surface area contributed by atoms with E-state index < -0.39 is 0 Å². The van der Waals surface area contributed by atoms with Gasteiger partial charge in [0.05, 0.1) is 5.41 Å². The Morgan fingerprint density at radius 2 is 1.79 bits per heavy atom. The predicted octanol–water partition coefficient (Wildman–Crippen LogP) is 2.92. The lowest BCUT2D eigenvalue weighted by molar-refractivity contribution is -0.128. The number of benzene rings is 1. The molecule has 0 bridgehead atoms. The summed E-state index contributed by atoms with van der Waals surface area (Å²) < 4.78 is 0. The number of rotatable bonds is 0. The quantitative estimate of drug-likeness (QED) is 0.778. The number of fused-ring (bicyclic) bond motifs is 1. The van der Waals surface area contributed by atoms with Crippen molar-refractivity contribution in [2.45, 2.75) is 33.1 Å². The summed E-state index contributed by atoms with van der Waals surface area (Å²) in [5, 5.41) is 3.08. The Kier molecular flexibility index (Phi) is 4.25. The Labute approximate surface area is 116 Å². The molecule has 0 atom stereocenters. The summed E-state index contributed by atoms with van der Waals surface area (Å²) >= 11 is 0. The zero-order chi connectivity index (χ0) is 13.9. The van der Waals surface area contributed by atoms with Crippen LogP contribution in [0.5, 0.6) is 0 Å². The Balaban J connectivity index is 0.000000637. The predicted molar refractivity (Wildman–Crippen MR) is 79.3 cm³/mol. The third-order valence-corrected chi connectivity index (χ3v) is 4.22. The number of hydrogen-bond donors (Lipinski definition) is 1. The van der Waals surface area contributed by atoms with Crippen molar-refractivity contribution in [1.82, 2.24) is 4.90 Å². The molecule has 3 heteroatoms. The van der Waals surface area contributed by atoms with E-state index in [0.717, 1.165) is 38.0 Å². The molecule has 3 nitrogen and oxygen atoms in total. The molecule has 3 rings (SSSR count). The van der Waals surface area contributed by atoms with Crippen LogP contribution in [0.1, 0.15) is 32.3 Å². The minimum Gasteiger partial charge on any atom is -0.325 e. The normalized spacial score (nSPS) is 21.1. The average Bonchev–Trinajstić information content (AvgIpc) is 2.45. The van der Waals surface area contributed by atoms with Crippen molar-refractivity contribution >= 4 is 11.6 Å². The maximum absolute atomic E-state index is 12.3. The maximum Gasteiger partial charge on any atom is 0.231 e. The molecule has 0 unspecified atom stereocenters. The number of amides is 1. The van der Waals surface area contributed by atoms with Gasteiger partial charge in [-0.25, -0.2) is 0 Å². The average molecular weight is 260 g/mol. The van der Waals surface area contributed by atoms with Crippen LogP contribution in [0.25, 0.3) is 0 Å². The van der Waals surface area contributed by atoms with E-state index in [4.69, 9.17) is 0 Å². The van der Waals surface area contributed by atoms with E-state index in [1.54, 1.807) is 0 Å². The van der Waals surface area contributed by atoms with Crippen molar-refractivity contribution in [3.63, 3.8) is 0 Å². The second-order valence-electron chi connectivity index (χ2n) is 5.37. The lowest BCUT2D eigenvalue weighted by Gasteiger charge is -2.42. The highest BCUT2D eigenvalue weighted by atomic mass is 16.2. The van der Waals surface area contributed by atoms with Crippen LogP contribution in [0.3, 0.4) is 0 Å². The second kappa shape index (κ2) is 5.74. The molecular weight excluding hydrogens is 236 g/mol. The molecule has 0 aliphatic carbocycles. The van der Waals surface area contributed by atoms with Crippen molar-refractivity contribution in [1.29, 1.82) is 0 Å². The number of carbonyl (C=O) groups is 1. The van der Waals surface area contributed by atoms with Gasteiger partial charge in [0.15, 0.2) is 0 Å². The Bertz CT molecular complexity index is 448. The van der Waals surface area contributed by atoms with Crippen LogP contribution in [0.4, 0.5) is 5.69 Å². The van der Waals surface area contributed by atoms with Gasteiger partial charge in [-0.15, -0.1) is 0 Å². The van der Waals surface area contributed by atoms with Gasteiger partial charge < -0.3 is 10.2 Å². The first-order chi connectivity index (χ1) is 9.20. The number of para-hydroxylation sites is 1. The fourth-order valence-electron chi connectivity index (χ4n) is 2.95. The zero-order valence-electron chi connectivity index (χ0n) is 12.2. The second-order valence-corrected chi connectivity index (χ2v) is 5.37. The third kappa shape index (κ3) is 2.66. The van der Waals surface area contributed by atoms with E-state index in [1.807, 2.05) is 26.0 Å². The third-order valence-electron chi connectivity index (χ3n) is 4.22. The van der Waals surface area contributed by atoms with Crippen molar-refractivity contribution in [2.24, 2.45) is 5.41 Å². The number of nitrogens with zero attached hydrogens (tertiary/aromatic N) is 1. The van der Waals surface area contributed by atoms with Crippen LogP contribution < -0.4 is 5.32 Å². The highest BCUT2D eigenvalue weighted by Gasteiger charge is 2.43. The van der Waals surface area contributed by atoms with Crippen LogP contribution in [-0.4, -0.2) is 30.9 Å². The number of piperidine rings is 1. The van der Waals surface area contributed by atoms with Gasteiger partial charge in [0.25, 0.3) is 0 Å². The summed E-state index contributed by atoms with van der Waals surface area (Å²) in [6.45, 7) is 6.05. The molecule has 1 aromatic rings. The molecule has 1 aromatic carbocycles. The number of hydrogen-bond acceptors (Lipinski definition) is 2. The molecule has 0 radical (unpaired) electrons. The first kappa shape index (κ1) is 14.1. The van der Waals surface area contributed by atoms with Crippen LogP contribution in [-0.2, 0) is 11.2 Å². The van der Waals surface area contributed by atoms with Gasteiger partial charge in [-0.3, -0.25) is 4.79 Å². The van der Waals surface area contributed by atoms with E-state index >= 15 is 0 Å². The van der Waals surface area contributed by atoms with Gasteiger partial charge in [0.1, 0.15) is 0 Å². The molecule has 1 N–H and O–H groups in total. The number of nitrogens with one attached hydrogen (secondary N) is 1. The van der Waals surface area contributed by atoms with Gasteiger partial charge in [-0.2, -0.15) is 0 Å². The molecule has 104 valence electrons. The molecular formula is C16H24N2O. The largest absolute Gasteiger partial charge is 0.325 e. The smallest absolute Gasteiger partial charge is 0.231 e. The molecule has 1 fully saturated rings. The monoisotopic (exact) mass is 260 g/mol. The van der Waals surface area contributed by atoms with Gasteiger partial charge in [0.2, 0.25) is 5.91 Å². The van der Waals surface area contributed by atoms with Crippen molar-refractivity contribution in [3.8, 4) is 0 Å². The lowest BCUT2D eigenvalue weighted by Crippen LogP contribution is -2.48. The van der Waals surface area contributed by atoms with Crippen LogP contribution in [0.15, 0.2) is 24.3 Å². The van der Waals surface area contributed by atoms with E-state index in [9.17, 15) is 4.79 Å². The van der Waals surface area contributed by atoms with Gasteiger partial charge in [-0.05, 0) is 51.0 Å². The van der Waals surface area contributed by atoms with Crippen molar-refractivity contribution < 1.29 is 4.79 Å². The molecule has 1 amide bonds.